The van der Waals surface area contributed by atoms with Gasteiger partial charge >= 0.3 is 0 Å². The van der Waals surface area contributed by atoms with Gasteiger partial charge in [0.15, 0.2) is 5.82 Å². The lowest BCUT2D eigenvalue weighted by Crippen LogP contribution is -2.28. The number of carbonyl (C=O) groups excluding carboxylic acids is 2. The molecule has 0 aliphatic carbocycles. The van der Waals surface area contributed by atoms with Gasteiger partial charge in [0.25, 0.3) is 33.2 Å². The van der Waals surface area contributed by atoms with Gasteiger partial charge < -0.3 is 20.5 Å². The summed E-state index contributed by atoms with van der Waals surface area (Å²) in [6.07, 6.45) is 0. The van der Waals surface area contributed by atoms with Crippen molar-refractivity contribution in [2.24, 2.45) is 0 Å². The number of nitrogens with one attached hydrogen (secondary N) is 4. The molecule has 0 saturated heterocycles. The van der Waals surface area contributed by atoms with Crippen LogP contribution in [-0.4, -0.2) is 41.9 Å². The fraction of sp³-hybridized carbons (Fsp3) is 0.0800. The van der Waals surface area contributed by atoms with Crippen LogP contribution in [0.3, 0.4) is 0 Å². The maximum atomic E-state index is 12.6. The molecule has 216 valence electrons. The smallest absolute Gasteiger partial charge is 0.289 e. The monoisotopic (exact) mass is 595 g/mol. The van der Waals surface area contributed by atoms with E-state index in [1.165, 1.54) is 54.6 Å². The highest BCUT2D eigenvalue weighted by molar-refractivity contribution is 7.92. The second-order valence-corrected chi connectivity index (χ2v) is 10.2. The van der Waals surface area contributed by atoms with Crippen molar-refractivity contribution in [3.63, 3.8) is 0 Å². The fourth-order valence-electron chi connectivity index (χ4n) is 3.57. The second-order valence-electron chi connectivity index (χ2n) is 8.56. The number of rotatable bonds is 11. The summed E-state index contributed by atoms with van der Waals surface area (Å²) >= 11 is 0. The van der Waals surface area contributed by atoms with Gasteiger partial charge in [-0.15, -0.1) is 0 Å². The van der Waals surface area contributed by atoms with Crippen molar-refractivity contribution in [3.05, 3.63) is 110 Å². The van der Waals surface area contributed by atoms with Gasteiger partial charge in [-0.3, -0.25) is 34.5 Å². The average Bonchev–Trinajstić information content (AvgIpc) is 3.36. The van der Waals surface area contributed by atoms with Gasteiger partial charge in [0.05, 0.1) is 27.5 Å². The number of anilines is 3. The summed E-state index contributed by atoms with van der Waals surface area (Å²) in [7, 11) is -3.88. The number of nitro benzene ring substituents is 2. The maximum Gasteiger partial charge on any atom is 0.289 e. The molecule has 4 rings (SSSR count). The SMILES string of the molecule is Cc1cc(NS(=O)(=O)c2ccc(NCNC(=O)c3ccc(NC(=O)c4ccc([N+](=O)[O-])cc4[N+](=O)[O-])cc3)cc2)no1. The molecule has 1 heterocycles. The van der Waals surface area contributed by atoms with Gasteiger partial charge in [-0.25, -0.2) is 8.42 Å². The molecule has 16 nitrogen and oxygen atoms in total. The Kier molecular flexibility index (Phi) is 8.42. The van der Waals surface area contributed by atoms with Crippen LogP contribution in [-0.2, 0) is 10.0 Å². The van der Waals surface area contributed by atoms with Gasteiger partial charge in [0.2, 0.25) is 0 Å². The summed E-state index contributed by atoms with van der Waals surface area (Å²) < 4.78 is 32.1. The number of amides is 2. The highest BCUT2D eigenvalue weighted by atomic mass is 32.2. The first kappa shape index (κ1) is 29.2. The Morgan fingerprint density at radius 3 is 2.14 bits per heavy atom. The molecule has 0 aliphatic heterocycles. The Bertz CT molecular complexity index is 1770. The zero-order chi connectivity index (χ0) is 30.4. The van der Waals surface area contributed by atoms with Gasteiger partial charge in [-0.05, 0) is 61.5 Å². The molecule has 0 aliphatic rings. The van der Waals surface area contributed by atoms with Crippen LogP contribution in [0.4, 0.5) is 28.6 Å². The fourth-order valence-corrected chi connectivity index (χ4v) is 4.56. The summed E-state index contributed by atoms with van der Waals surface area (Å²) in [5, 5.41) is 33.8. The van der Waals surface area contributed by atoms with Crippen LogP contribution >= 0.6 is 0 Å². The largest absolute Gasteiger partial charge is 0.368 e. The summed E-state index contributed by atoms with van der Waals surface area (Å²) in [5.41, 5.74) is -0.619. The first-order valence-electron chi connectivity index (χ1n) is 11.9. The van der Waals surface area contributed by atoms with E-state index in [0.29, 0.717) is 17.5 Å². The zero-order valence-electron chi connectivity index (χ0n) is 21.6. The molecule has 4 aromatic rings. The summed E-state index contributed by atoms with van der Waals surface area (Å²) in [4.78, 5) is 45.5. The van der Waals surface area contributed by atoms with E-state index >= 15 is 0 Å². The molecule has 0 fully saturated rings. The third-order valence-electron chi connectivity index (χ3n) is 5.61. The normalized spacial score (nSPS) is 10.9. The van der Waals surface area contributed by atoms with Crippen LogP contribution in [0, 0.1) is 27.2 Å². The number of nitro groups is 2. The minimum Gasteiger partial charge on any atom is -0.368 e. The predicted molar refractivity (Wildman–Crippen MR) is 149 cm³/mol. The third kappa shape index (κ3) is 7.02. The quantitative estimate of drug-likeness (QED) is 0.111. The number of aromatic nitrogens is 1. The molecule has 0 bridgehead atoms. The third-order valence-corrected chi connectivity index (χ3v) is 6.98. The molecule has 0 radical (unpaired) electrons. The zero-order valence-corrected chi connectivity index (χ0v) is 22.4. The number of hydrogen-bond donors (Lipinski definition) is 4. The van der Waals surface area contributed by atoms with Crippen molar-refractivity contribution < 1.29 is 32.4 Å². The summed E-state index contributed by atoms with van der Waals surface area (Å²) in [5.74, 6) is -0.815. The van der Waals surface area contributed by atoms with Crippen molar-refractivity contribution >= 4 is 50.4 Å². The van der Waals surface area contributed by atoms with E-state index in [2.05, 4.69) is 25.8 Å². The van der Waals surface area contributed by atoms with Crippen LogP contribution in [0.15, 0.2) is 82.2 Å². The molecule has 17 heteroatoms. The molecule has 0 spiro atoms. The molecule has 0 atom stereocenters. The first-order chi connectivity index (χ1) is 19.9. The number of aryl methyl sites for hydroxylation is 1. The van der Waals surface area contributed by atoms with Crippen molar-refractivity contribution in [3.8, 4) is 0 Å². The lowest BCUT2D eigenvalue weighted by atomic mass is 10.1. The predicted octanol–water partition coefficient (Wildman–Crippen LogP) is 3.65. The van der Waals surface area contributed by atoms with E-state index < -0.39 is 43.1 Å². The molecular weight excluding hydrogens is 574 g/mol. The lowest BCUT2D eigenvalue weighted by Gasteiger charge is -2.10. The van der Waals surface area contributed by atoms with Crippen molar-refractivity contribution in [2.75, 3.05) is 22.0 Å². The van der Waals surface area contributed by atoms with E-state index in [1.54, 1.807) is 6.92 Å². The van der Waals surface area contributed by atoms with Crippen LogP contribution in [0.5, 0.6) is 0 Å². The Morgan fingerprint density at radius 2 is 1.55 bits per heavy atom. The number of nitrogens with zero attached hydrogens (tertiary/aromatic N) is 3. The van der Waals surface area contributed by atoms with Crippen LogP contribution < -0.4 is 20.7 Å². The van der Waals surface area contributed by atoms with E-state index in [4.69, 9.17) is 4.52 Å². The van der Waals surface area contributed by atoms with Crippen LogP contribution in [0.25, 0.3) is 0 Å². The average molecular weight is 596 g/mol. The molecule has 3 aromatic carbocycles. The van der Waals surface area contributed by atoms with E-state index in [0.717, 1.165) is 12.1 Å². The highest BCUT2D eigenvalue weighted by Gasteiger charge is 2.24. The number of hydrogen-bond acceptors (Lipinski definition) is 11. The Morgan fingerprint density at radius 1 is 0.881 bits per heavy atom. The number of sulfonamides is 1. The number of carbonyl (C=O) groups is 2. The number of non-ortho nitro benzene ring substituents is 1. The van der Waals surface area contributed by atoms with Gasteiger partial charge in [-0.1, -0.05) is 5.16 Å². The van der Waals surface area contributed by atoms with Gasteiger partial charge in [-0.2, -0.15) is 0 Å². The van der Waals surface area contributed by atoms with Crippen molar-refractivity contribution in [1.29, 1.82) is 0 Å². The second kappa shape index (κ2) is 12.1. The lowest BCUT2D eigenvalue weighted by molar-refractivity contribution is -0.394. The number of benzene rings is 3. The van der Waals surface area contributed by atoms with Crippen molar-refractivity contribution in [1.82, 2.24) is 10.5 Å². The van der Waals surface area contributed by atoms with E-state index in [-0.39, 0.29) is 34.2 Å². The molecular formula is C25H21N7O9S. The van der Waals surface area contributed by atoms with E-state index in [9.17, 15) is 38.2 Å². The molecule has 4 N–H and O–H groups in total. The molecule has 2 amide bonds. The minimum atomic E-state index is -3.88. The summed E-state index contributed by atoms with van der Waals surface area (Å²) in [6, 6.07) is 15.5. The summed E-state index contributed by atoms with van der Waals surface area (Å²) in [6.45, 7) is 1.63. The molecule has 42 heavy (non-hydrogen) atoms. The van der Waals surface area contributed by atoms with Gasteiger partial charge in [0, 0.05) is 29.1 Å². The Hall–Kier alpha value is -5.84. The van der Waals surface area contributed by atoms with Crippen molar-refractivity contribution in [2.45, 2.75) is 11.8 Å². The standard InChI is InChI=1S/C25H21N7O9S/c1-15-12-23(29-41-15)30-42(39,40)20-9-6-17(7-10-20)26-14-27-24(33)16-2-4-18(5-3-16)28-25(34)21-11-8-19(31(35)36)13-22(21)32(37)38/h2-13,26H,14H2,1H3,(H,27,33)(H,28,34)(H,29,30). The Balaban J connectivity index is 1.30. The van der Waals surface area contributed by atoms with Gasteiger partial charge in [0.1, 0.15) is 11.3 Å². The molecule has 1 aromatic heterocycles. The maximum absolute atomic E-state index is 12.6. The van der Waals surface area contributed by atoms with E-state index in [1.807, 2.05) is 0 Å². The Labute approximate surface area is 237 Å². The topological polar surface area (TPSA) is 229 Å². The minimum absolute atomic E-state index is 0.00367. The molecule has 0 saturated carbocycles. The molecule has 0 unspecified atom stereocenters. The highest BCUT2D eigenvalue weighted by Crippen LogP contribution is 2.26. The van der Waals surface area contributed by atoms with Crippen LogP contribution in [0.2, 0.25) is 0 Å². The first-order valence-corrected chi connectivity index (χ1v) is 13.3. The van der Waals surface area contributed by atoms with Crippen LogP contribution in [0.1, 0.15) is 26.5 Å².